The van der Waals surface area contributed by atoms with Gasteiger partial charge >= 0.3 is 0 Å². The molecule has 0 aromatic rings. The van der Waals surface area contributed by atoms with Crippen LogP contribution in [0.1, 0.15) is 27.2 Å². The molecule has 3 nitrogen and oxygen atoms in total. The van der Waals surface area contributed by atoms with E-state index >= 15 is 0 Å². The Morgan fingerprint density at radius 1 is 1.53 bits per heavy atom. The topological polar surface area (TPSA) is 32.3 Å². The molecule has 2 atom stereocenters. The summed E-state index contributed by atoms with van der Waals surface area (Å²) in [6.07, 6.45) is 3.42. The van der Waals surface area contributed by atoms with Crippen molar-refractivity contribution in [3.8, 4) is 0 Å². The molecule has 0 aromatic heterocycles. The van der Waals surface area contributed by atoms with Crippen LogP contribution >= 0.6 is 11.8 Å². The monoisotopic (exact) mass is 230 g/mol. The van der Waals surface area contributed by atoms with Crippen molar-refractivity contribution in [1.82, 2.24) is 10.2 Å². The molecule has 0 bridgehead atoms. The van der Waals surface area contributed by atoms with E-state index in [1.807, 2.05) is 16.7 Å². The summed E-state index contributed by atoms with van der Waals surface area (Å²) in [6.45, 7) is 6.97. The molecule has 1 saturated heterocycles. The van der Waals surface area contributed by atoms with Crippen molar-refractivity contribution in [3.63, 3.8) is 0 Å². The number of rotatable bonds is 5. The Kier molecular flexibility index (Phi) is 4.93. The van der Waals surface area contributed by atoms with Crippen LogP contribution in [0.15, 0.2) is 0 Å². The van der Waals surface area contributed by atoms with Gasteiger partial charge in [0.15, 0.2) is 0 Å². The van der Waals surface area contributed by atoms with Crippen LogP contribution < -0.4 is 5.32 Å². The zero-order valence-electron chi connectivity index (χ0n) is 10.1. The molecule has 15 heavy (non-hydrogen) atoms. The normalized spacial score (nSPS) is 23.9. The van der Waals surface area contributed by atoms with Crippen LogP contribution in [0.25, 0.3) is 0 Å². The lowest BCUT2D eigenvalue weighted by atomic mass is 10.1. The van der Waals surface area contributed by atoms with Gasteiger partial charge in [-0.15, -0.1) is 0 Å². The van der Waals surface area contributed by atoms with Gasteiger partial charge < -0.3 is 4.90 Å². The van der Waals surface area contributed by atoms with Gasteiger partial charge in [0.2, 0.25) is 5.91 Å². The van der Waals surface area contributed by atoms with E-state index in [1.165, 1.54) is 0 Å². The van der Waals surface area contributed by atoms with Crippen molar-refractivity contribution in [2.24, 2.45) is 5.92 Å². The van der Waals surface area contributed by atoms with Crippen molar-refractivity contribution in [2.75, 3.05) is 18.6 Å². The summed E-state index contributed by atoms with van der Waals surface area (Å²) < 4.78 is 0. The molecule has 88 valence electrons. The Labute approximate surface area is 97.0 Å². The fourth-order valence-corrected chi connectivity index (χ4v) is 2.62. The number of carbonyl (C=O) groups is 1. The first-order valence-corrected chi connectivity index (χ1v) is 7.00. The van der Waals surface area contributed by atoms with Gasteiger partial charge in [-0.3, -0.25) is 10.1 Å². The van der Waals surface area contributed by atoms with E-state index in [-0.39, 0.29) is 12.1 Å². The van der Waals surface area contributed by atoms with Crippen molar-refractivity contribution in [1.29, 1.82) is 0 Å². The average Bonchev–Trinajstić information content (AvgIpc) is 2.56. The quantitative estimate of drug-likeness (QED) is 0.777. The number of carbonyl (C=O) groups excluding carboxylic acids is 1. The summed E-state index contributed by atoms with van der Waals surface area (Å²) >= 11 is 1.84. The number of nitrogens with one attached hydrogen (secondary N) is 1. The molecule has 0 radical (unpaired) electrons. The second-order valence-corrected chi connectivity index (χ2v) is 5.49. The molecule has 1 fully saturated rings. The Morgan fingerprint density at radius 3 is 2.73 bits per heavy atom. The second kappa shape index (κ2) is 5.75. The fraction of sp³-hybridized carbons (Fsp3) is 0.909. The molecule has 0 aromatic carbocycles. The van der Waals surface area contributed by atoms with Crippen molar-refractivity contribution >= 4 is 17.7 Å². The highest BCUT2D eigenvalue weighted by Gasteiger charge is 2.35. The largest absolute Gasteiger partial charge is 0.323 e. The van der Waals surface area contributed by atoms with Crippen molar-refractivity contribution in [3.05, 3.63) is 0 Å². The molecular weight excluding hydrogens is 208 g/mol. The minimum absolute atomic E-state index is 0.231. The van der Waals surface area contributed by atoms with Crippen LogP contribution in [-0.4, -0.2) is 41.6 Å². The number of nitrogens with zero attached hydrogens (tertiary/aromatic N) is 1. The third kappa shape index (κ3) is 3.11. The highest BCUT2D eigenvalue weighted by atomic mass is 32.2. The van der Waals surface area contributed by atoms with Crippen molar-refractivity contribution in [2.45, 2.75) is 39.4 Å². The third-order valence-electron chi connectivity index (χ3n) is 2.90. The van der Waals surface area contributed by atoms with Crippen LogP contribution in [-0.2, 0) is 4.79 Å². The summed E-state index contributed by atoms with van der Waals surface area (Å²) in [5, 5.41) is 3.28. The molecular formula is C11H22N2OS. The third-order valence-corrected chi connectivity index (χ3v) is 3.54. The van der Waals surface area contributed by atoms with Gasteiger partial charge in [-0.2, -0.15) is 11.8 Å². The first kappa shape index (κ1) is 12.8. The Bertz CT molecular complexity index is 221. The number of thioether (sulfide) groups is 1. The molecule has 1 aliphatic heterocycles. The molecule has 1 aliphatic rings. The molecule has 0 aliphatic carbocycles. The standard InChI is InChI=1S/C11H22N2OS/c1-8(2)11-12-7-10(14)13(11)9(3)5-6-15-4/h8-9,11-12H,5-7H2,1-4H3. The van der Waals surface area contributed by atoms with E-state index in [1.54, 1.807) is 0 Å². The van der Waals surface area contributed by atoms with Gasteiger partial charge in [0, 0.05) is 6.04 Å². The summed E-state index contributed by atoms with van der Waals surface area (Å²) in [6, 6.07) is 0.354. The van der Waals surface area contributed by atoms with Gasteiger partial charge in [-0.25, -0.2) is 0 Å². The molecule has 0 spiro atoms. The zero-order chi connectivity index (χ0) is 11.4. The van der Waals surface area contributed by atoms with Crippen LogP contribution in [0.4, 0.5) is 0 Å². The predicted molar refractivity (Wildman–Crippen MR) is 65.9 cm³/mol. The zero-order valence-corrected chi connectivity index (χ0v) is 10.9. The first-order chi connectivity index (χ1) is 7.07. The minimum atomic E-state index is 0.231. The van der Waals surface area contributed by atoms with E-state index in [9.17, 15) is 4.79 Å². The van der Waals surface area contributed by atoms with E-state index in [0.717, 1.165) is 12.2 Å². The van der Waals surface area contributed by atoms with Gasteiger partial charge in [0.25, 0.3) is 0 Å². The lowest BCUT2D eigenvalue weighted by molar-refractivity contribution is -0.130. The predicted octanol–water partition coefficient (Wildman–Crippen LogP) is 1.54. The highest BCUT2D eigenvalue weighted by molar-refractivity contribution is 7.98. The van der Waals surface area contributed by atoms with Gasteiger partial charge in [-0.05, 0) is 31.3 Å². The van der Waals surface area contributed by atoms with Crippen LogP contribution in [0.3, 0.4) is 0 Å². The molecule has 1 heterocycles. The first-order valence-electron chi connectivity index (χ1n) is 5.61. The summed E-state index contributed by atoms with van der Waals surface area (Å²) in [4.78, 5) is 13.8. The Morgan fingerprint density at radius 2 is 2.20 bits per heavy atom. The Balaban J connectivity index is 2.58. The lowest BCUT2D eigenvalue weighted by Gasteiger charge is -2.32. The number of hydrogen-bond acceptors (Lipinski definition) is 3. The van der Waals surface area contributed by atoms with E-state index in [4.69, 9.17) is 0 Å². The molecule has 1 rings (SSSR count). The summed E-state index contributed by atoms with van der Waals surface area (Å²) in [7, 11) is 0. The van der Waals surface area contributed by atoms with Crippen LogP contribution in [0.2, 0.25) is 0 Å². The minimum Gasteiger partial charge on any atom is -0.323 e. The smallest absolute Gasteiger partial charge is 0.238 e. The molecule has 1 amide bonds. The van der Waals surface area contributed by atoms with Crippen LogP contribution in [0.5, 0.6) is 0 Å². The lowest BCUT2D eigenvalue weighted by Crippen LogP contribution is -2.46. The van der Waals surface area contributed by atoms with E-state index in [0.29, 0.717) is 18.5 Å². The second-order valence-electron chi connectivity index (χ2n) is 4.50. The highest BCUT2D eigenvalue weighted by Crippen LogP contribution is 2.19. The summed E-state index contributed by atoms with van der Waals surface area (Å²) in [5.74, 6) is 1.85. The molecule has 1 N–H and O–H groups in total. The maximum absolute atomic E-state index is 11.8. The van der Waals surface area contributed by atoms with Gasteiger partial charge in [0.05, 0.1) is 12.7 Å². The fourth-order valence-electron chi connectivity index (χ4n) is 2.04. The molecule has 0 saturated carbocycles. The summed E-state index contributed by atoms with van der Waals surface area (Å²) in [5.41, 5.74) is 0. The van der Waals surface area contributed by atoms with E-state index < -0.39 is 0 Å². The van der Waals surface area contributed by atoms with Gasteiger partial charge in [0.1, 0.15) is 0 Å². The number of amides is 1. The van der Waals surface area contributed by atoms with Gasteiger partial charge in [-0.1, -0.05) is 13.8 Å². The SMILES string of the molecule is CSCCC(C)N1C(=O)CNC1C(C)C. The molecule has 2 unspecified atom stereocenters. The number of hydrogen-bond donors (Lipinski definition) is 1. The Hall–Kier alpha value is -0.220. The van der Waals surface area contributed by atoms with E-state index in [2.05, 4.69) is 32.3 Å². The van der Waals surface area contributed by atoms with Crippen molar-refractivity contribution < 1.29 is 4.79 Å². The van der Waals surface area contributed by atoms with Crippen LogP contribution in [0, 0.1) is 5.92 Å². The average molecular weight is 230 g/mol. The maximum Gasteiger partial charge on any atom is 0.238 e. The maximum atomic E-state index is 11.8. The molecule has 4 heteroatoms.